The monoisotopic (exact) mass is 187 g/mol. The second-order valence-electron chi connectivity index (χ2n) is 2.07. The number of sulfonamides is 1. The summed E-state index contributed by atoms with van der Waals surface area (Å²) in [6.45, 7) is 2.02. The normalized spacial score (nSPS) is 10.6. The maximum absolute atomic E-state index is 10.3. The Morgan fingerprint density at radius 3 is 2.10 bits per heavy atom. The van der Waals surface area contributed by atoms with Gasteiger partial charge in [0.05, 0.1) is 5.75 Å². The van der Waals surface area contributed by atoms with Gasteiger partial charge in [0.15, 0.2) is 0 Å². The molecule has 0 bridgehead atoms. The fraction of sp³-hybridized carbons (Fsp3) is 1.00. The molecule has 3 nitrogen and oxygen atoms in total. The number of rotatable bonds is 4. The van der Waals surface area contributed by atoms with E-state index >= 15 is 0 Å². The molecule has 0 saturated heterocycles. The Morgan fingerprint density at radius 2 is 1.80 bits per heavy atom. The fourth-order valence-corrected chi connectivity index (χ4v) is 1.16. The standard InChI is InChI=1S/C5H13NO2S.ClH/c1-2-3-4-5-9(6,7)8;/h2-5H2,1H3,(H2,6,7,8);1H. The molecule has 0 heterocycles. The molecule has 0 aromatic heterocycles. The van der Waals surface area contributed by atoms with Gasteiger partial charge in [-0.25, -0.2) is 13.6 Å². The summed E-state index contributed by atoms with van der Waals surface area (Å²) in [6, 6.07) is 0. The topological polar surface area (TPSA) is 60.2 Å². The molecule has 10 heavy (non-hydrogen) atoms. The molecule has 5 heteroatoms. The minimum atomic E-state index is -3.20. The minimum absolute atomic E-state index is 0. The predicted molar refractivity (Wildman–Crippen MR) is 44.7 cm³/mol. The van der Waals surface area contributed by atoms with Crippen LogP contribution in [0.15, 0.2) is 0 Å². The summed E-state index contributed by atoms with van der Waals surface area (Å²) in [7, 11) is -3.20. The van der Waals surface area contributed by atoms with Crippen LogP contribution in [0.2, 0.25) is 0 Å². The molecule has 0 aromatic carbocycles. The lowest BCUT2D eigenvalue weighted by Gasteiger charge is -1.94. The Morgan fingerprint density at radius 1 is 1.30 bits per heavy atom. The molecule has 0 spiro atoms. The van der Waals surface area contributed by atoms with Gasteiger partial charge in [-0.15, -0.1) is 12.4 Å². The SMILES string of the molecule is CCCCCS(N)(=O)=O.Cl. The minimum Gasteiger partial charge on any atom is -0.229 e. The first kappa shape index (κ1) is 12.8. The molecule has 0 rings (SSSR count). The summed E-state index contributed by atoms with van der Waals surface area (Å²) in [5, 5.41) is 4.75. The highest BCUT2D eigenvalue weighted by Crippen LogP contribution is 1.94. The van der Waals surface area contributed by atoms with E-state index in [1.54, 1.807) is 0 Å². The molecule has 0 aliphatic rings. The van der Waals surface area contributed by atoms with Crippen molar-refractivity contribution in [1.29, 1.82) is 0 Å². The smallest absolute Gasteiger partial charge is 0.209 e. The Kier molecular flexibility index (Phi) is 7.63. The van der Waals surface area contributed by atoms with E-state index in [0.29, 0.717) is 6.42 Å². The van der Waals surface area contributed by atoms with Crippen molar-refractivity contribution in [3.8, 4) is 0 Å². The fourth-order valence-electron chi connectivity index (χ4n) is 0.553. The van der Waals surface area contributed by atoms with Gasteiger partial charge in [0.25, 0.3) is 0 Å². The largest absolute Gasteiger partial charge is 0.229 e. The van der Waals surface area contributed by atoms with Crippen LogP contribution in [-0.2, 0) is 10.0 Å². The number of hydrogen-bond donors (Lipinski definition) is 1. The van der Waals surface area contributed by atoms with Crippen LogP contribution in [0.4, 0.5) is 0 Å². The highest BCUT2D eigenvalue weighted by molar-refractivity contribution is 7.89. The van der Waals surface area contributed by atoms with Crippen molar-refractivity contribution in [2.75, 3.05) is 5.75 Å². The highest BCUT2D eigenvalue weighted by Gasteiger charge is 1.99. The van der Waals surface area contributed by atoms with Crippen LogP contribution < -0.4 is 5.14 Å². The maximum Gasteiger partial charge on any atom is 0.209 e. The lowest BCUT2D eigenvalue weighted by molar-refractivity contribution is 0.592. The highest BCUT2D eigenvalue weighted by atomic mass is 35.5. The van der Waals surface area contributed by atoms with Crippen molar-refractivity contribution in [2.24, 2.45) is 5.14 Å². The van der Waals surface area contributed by atoms with Crippen molar-refractivity contribution < 1.29 is 8.42 Å². The van der Waals surface area contributed by atoms with Crippen LogP contribution >= 0.6 is 12.4 Å². The zero-order valence-electron chi connectivity index (χ0n) is 6.04. The van der Waals surface area contributed by atoms with Crippen LogP contribution in [0.5, 0.6) is 0 Å². The second kappa shape index (κ2) is 5.95. The molecule has 0 amide bonds. The van der Waals surface area contributed by atoms with Crippen LogP contribution in [0.1, 0.15) is 26.2 Å². The third-order valence-electron chi connectivity index (χ3n) is 1.03. The molecule has 0 atom stereocenters. The van der Waals surface area contributed by atoms with Gasteiger partial charge in [0.1, 0.15) is 0 Å². The molecule has 0 unspecified atom stereocenters. The van der Waals surface area contributed by atoms with Crippen molar-refractivity contribution >= 4 is 22.4 Å². The summed E-state index contributed by atoms with van der Waals surface area (Å²) < 4.78 is 20.6. The number of hydrogen-bond acceptors (Lipinski definition) is 2. The van der Waals surface area contributed by atoms with Crippen LogP contribution in [0.25, 0.3) is 0 Å². The Balaban J connectivity index is 0. The lowest BCUT2D eigenvalue weighted by atomic mass is 10.3. The van der Waals surface area contributed by atoms with Gasteiger partial charge in [-0.05, 0) is 6.42 Å². The first-order valence-electron chi connectivity index (χ1n) is 3.06. The molecule has 0 radical (unpaired) electrons. The van der Waals surface area contributed by atoms with Gasteiger partial charge in [0.2, 0.25) is 10.0 Å². The molecule has 0 aliphatic carbocycles. The van der Waals surface area contributed by atoms with E-state index in [2.05, 4.69) is 0 Å². The van der Waals surface area contributed by atoms with Crippen molar-refractivity contribution in [3.05, 3.63) is 0 Å². The summed E-state index contributed by atoms with van der Waals surface area (Å²) in [6.07, 6.45) is 2.65. The average Bonchev–Trinajstić information content (AvgIpc) is 1.63. The van der Waals surface area contributed by atoms with Crippen LogP contribution in [0, 0.1) is 0 Å². The Labute approximate surface area is 68.5 Å². The van der Waals surface area contributed by atoms with E-state index in [4.69, 9.17) is 5.14 Å². The van der Waals surface area contributed by atoms with Gasteiger partial charge in [-0.1, -0.05) is 19.8 Å². The van der Waals surface area contributed by atoms with Gasteiger partial charge < -0.3 is 0 Å². The van der Waals surface area contributed by atoms with E-state index in [1.165, 1.54) is 0 Å². The average molecular weight is 188 g/mol. The van der Waals surface area contributed by atoms with Gasteiger partial charge in [-0.3, -0.25) is 0 Å². The Bertz CT molecular complexity index is 155. The molecule has 0 aliphatic heterocycles. The van der Waals surface area contributed by atoms with E-state index in [9.17, 15) is 8.42 Å². The van der Waals surface area contributed by atoms with Gasteiger partial charge in [-0.2, -0.15) is 0 Å². The molecular weight excluding hydrogens is 174 g/mol. The second-order valence-corrected chi connectivity index (χ2v) is 3.81. The van der Waals surface area contributed by atoms with Gasteiger partial charge in [0, 0.05) is 0 Å². The van der Waals surface area contributed by atoms with Crippen LogP contribution in [0.3, 0.4) is 0 Å². The Hall–Kier alpha value is 0.200. The van der Waals surface area contributed by atoms with E-state index < -0.39 is 10.0 Å². The number of unbranched alkanes of at least 4 members (excludes halogenated alkanes) is 2. The molecule has 0 fully saturated rings. The lowest BCUT2D eigenvalue weighted by Crippen LogP contribution is -2.16. The van der Waals surface area contributed by atoms with Crippen molar-refractivity contribution in [1.82, 2.24) is 0 Å². The summed E-state index contributed by atoms with van der Waals surface area (Å²) in [5.41, 5.74) is 0. The van der Waals surface area contributed by atoms with E-state index in [-0.39, 0.29) is 18.2 Å². The summed E-state index contributed by atoms with van der Waals surface area (Å²) >= 11 is 0. The molecule has 0 saturated carbocycles. The molecule has 64 valence electrons. The first-order valence-corrected chi connectivity index (χ1v) is 4.78. The quantitative estimate of drug-likeness (QED) is 0.665. The number of nitrogens with two attached hydrogens (primary N) is 1. The van der Waals surface area contributed by atoms with Crippen molar-refractivity contribution in [2.45, 2.75) is 26.2 Å². The van der Waals surface area contributed by atoms with Crippen molar-refractivity contribution in [3.63, 3.8) is 0 Å². The molecular formula is C5H14ClNO2S. The maximum atomic E-state index is 10.3. The summed E-state index contributed by atoms with van der Waals surface area (Å²) in [5.74, 6) is 0.126. The van der Waals surface area contributed by atoms with Crippen LogP contribution in [-0.4, -0.2) is 14.2 Å². The zero-order valence-corrected chi connectivity index (χ0v) is 7.67. The third kappa shape index (κ3) is 11.1. The summed E-state index contributed by atoms with van der Waals surface area (Å²) in [4.78, 5) is 0. The predicted octanol–water partition coefficient (Wildman–Crippen LogP) is 0.887. The van der Waals surface area contributed by atoms with E-state index in [1.807, 2.05) is 6.92 Å². The molecule has 0 aromatic rings. The van der Waals surface area contributed by atoms with Gasteiger partial charge >= 0.3 is 0 Å². The third-order valence-corrected chi connectivity index (χ3v) is 1.89. The number of halogens is 1. The van der Waals surface area contributed by atoms with E-state index in [0.717, 1.165) is 12.8 Å². The zero-order chi connectivity index (χ0) is 7.33. The molecule has 2 N–H and O–H groups in total. The number of primary sulfonamides is 1. The first-order chi connectivity index (χ1) is 4.06.